The molecular formula is C4H8O7S2. The molecular weight excluding hydrogens is 224 g/mol. The van der Waals surface area contributed by atoms with E-state index >= 15 is 0 Å². The minimum atomic E-state index is -4.37. The molecule has 13 heavy (non-hydrogen) atoms. The minimum Gasteiger partial charge on any atom is -0.480 e. The maximum atomic E-state index is 10.7. The fourth-order valence-electron chi connectivity index (χ4n) is 0.493. The number of hydrogen-bond donors (Lipinski definition) is 2. The zero-order chi connectivity index (χ0) is 10.7. The lowest BCUT2D eigenvalue weighted by molar-refractivity contribution is -0.134. The average molecular weight is 232 g/mol. The van der Waals surface area contributed by atoms with Crippen molar-refractivity contribution >= 4 is 25.9 Å². The van der Waals surface area contributed by atoms with Crippen molar-refractivity contribution in [3.05, 3.63) is 0 Å². The number of carboxylic acid groups (broad SMARTS) is 1. The molecule has 0 radical (unpaired) electrons. The summed E-state index contributed by atoms with van der Waals surface area (Å²) in [4.78, 5) is 9.95. The van der Waals surface area contributed by atoms with Gasteiger partial charge in [-0.15, -0.1) is 0 Å². The minimum absolute atomic E-state index is 0.891. The molecule has 0 bridgehead atoms. The van der Waals surface area contributed by atoms with Crippen LogP contribution >= 0.6 is 0 Å². The van der Waals surface area contributed by atoms with Crippen LogP contribution in [-0.4, -0.2) is 49.7 Å². The SMILES string of the molecule is O=C(O)CS(=O)(=O)CCS(=O)(=O)O. The highest BCUT2D eigenvalue weighted by atomic mass is 32.2. The van der Waals surface area contributed by atoms with Gasteiger partial charge in [0.2, 0.25) is 0 Å². The molecule has 0 aliphatic carbocycles. The van der Waals surface area contributed by atoms with Crippen LogP contribution in [0.4, 0.5) is 0 Å². The van der Waals surface area contributed by atoms with E-state index in [2.05, 4.69) is 0 Å². The van der Waals surface area contributed by atoms with Gasteiger partial charge in [0.15, 0.2) is 9.84 Å². The maximum Gasteiger partial charge on any atom is 0.318 e. The van der Waals surface area contributed by atoms with E-state index in [1.54, 1.807) is 0 Å². The van der Waals surface area contributed by atoms with Crippen molar-refractivity contribution < 1.29 is 31.3 Å². The van der Waals surface area contributed by atoms with E-state index in [1.807, 2.05) is 0 Å². The Kier molecular flexibility index (Phi) is 3.82. The molecule has 2 N–H and O–H groups in total. The third-order valence-corrected chi connectivity index (χ3v) is 3.49. The van der Waals surface area contributed by atoms with Gasteiger partial charge in [0.25, 0.3) is 10.1 Å². The van der Waals surface area contributed by atoms with Gasteiger partial charge < -0.3 is 5.11 Å². The quantitative estimate of drug-likeness (QED) is 0.545. The van der Waals surface area contributed by atoms with E-state index in [-0.39, 0.29) is 0 Å². The zero-order valence-electron chi connectivity index (χ0n) is 6.37. The van der Waals surface area contributed by atoms with Gasteiger partial charge in [0, 0.05) is 0 Å². The van der Waals surface area contributed by atoms with Crippen molar-refractivity contribution in [3.63, 3.8) is 0 Å². The Morgan fingerprint density at radius 3 is 1.85 bits per heavy atom. The van der Waals surface area contributed by atoms with E-state index in [9.17, 15) is 21.6 Å². The van der Waals surface area contributed by atoms with Gasteiger partial charge in [0.1, 0.15) is 5.75 Å². The van der Waals surface area contributed by atoms with Crippen LogP contribution in [0.1, 0.15) is 0 Å². The van der Waals surface area contributed by atoms with Gasteiger partial charge in [-0.05, 0) is 0 Å². The summed E-state index contributed by atoms with van der Waals surface area (Å²) in [5, 5.41) is 8.09. The average Bonchev–Trinajstić information content (AvgIpc) is 1.79. The van der Waals surface area contributed by atoms with Gasteiger partial charge in [-0.3, -0.25) is 9.35 Å². The maximum absolute atomic E-state index is 10.7. The first-order chi connectivity index (χ1) is 5.62. The molecule has 0 unspecified atom stereocenters. The van der Waals surface area contributed by atoms with Crippen LogP contribution in [0.15, 0.2) is 0 Å². The lowest BCUT2D eigenvalue weighted by Gasteiger charge is -1.98. The largest absolute Gasteiger partial charge is 0.480 e. The fraction of sp³-hybridized carbons (Fsp3) is 0.750. The van der Waals surface area contributed by atoms with Gasteiger partial charge >= 0.3 is 5.97 Å². The predicted octanol–water partition coefficient (Wildman–Crippen LogP) is -1.63. The van der Waals surface area contributed by atoms with Gasteiger partial charge in [-0.2, -0.15) is 8.42 Å². The van der Waals surface area contributed by atoms with Crippen LogP contribution in [0, 0.1) is 0 Å². The summed E-state index contributed by atoms with van der Waals surface area (Å²) in [6.07, 6.45) is 0. The number of aliphatic carboxylic acids is 1. The zero-order valence-corrected chi connectivity index (χ0v) is 8.01. The molecule has 0 saturated carbocycles. The molecule has 0 aromatic rings. The normalized spacial score (nSPS) is 12.7. The Labute approximate surface area is 75.0 Å². The van der Waals surface area contributed by atoms with Crippen LogP contribution in [-0.2, 0) is 24.7 Å². The lowest BCUT2D eigenvalue weighted by atomic mass is 10.8. The Hall–Kier alpha value is -0.670. The molecule has 0 aromatic carbocycles. The van der Waals surface area contributed by atoms with Crippen molar-refractivity contribution in [2.24, 2.45) is 0 Å². The van der Waals surface area contributed by atoms with Crippen molar-refractivity contribution in [2.45, 2.75) is 0 Å². The summed E-state index contributed by atoms with van der Waals surface area (Å²) < 4.78 is 49.9. The Morgan fingerprint density at radius 2 is 1.54 bits per heavy atom. The molecule has 0 saturated heterocycles. The second-order valence-electron chi connectivity index (χ2n) is 2.27. The first-order valence-electron chi connectivity index (χ1n) is 3.00. The Balaban J connectivity index is 4.30. The summed E-state index contributed by atoms with van der Waals surface area (Å²) in [5.74, 6) is -4.57. The van der Waals surface area contributed by atoms with Crippen LogP contribution < -0.4 is 0 Å². The summed E-state index contributed by atoms with van der Waals surface area (Å²) in [6, 6.07) is 0. The molecule has 7 nitrogen and oxygen atoms in total. The second kappa shape index (κ2) is 4.03. The summed E-state index contributed by atoms with van der Waals surface area (Å²) in [5.41, 5.74) is 0. The number of hydrogen-bond acceptors (Lipinski definition) is 5. The third kappa shape index (κ3) is 7.68. The molecule has 0 aliphatic rings. The van der Waals surface area contributed by atoms with E-state index in [0.717, 1.165) is 0 Å². The summed E-state index contributed by atoms with van der Waals surface area (Å²) in [7, 11) is -8.32. The first kappa shape index (κ1) is 12.3. The highest BCUT2D eigenvalue weighted by Gasteiger charge is 2.18. The van der Waals surface area contributed by atoms with Gasteiger partial charge in [-0.25, -0.2) is 8.42 Å². The van der Waals surface area contributed by atoms with Crippen molar-refractivity contribution in [1.82, 2.24) is 0 Å². The highest BCUT2D eigenvalue weighted by molar-refractivity contribution is 7.93. The summed E-state index contributed by atoms with van der Waals surface area (Å²) >= 11 is 0. The smallest absolute Gasteiger partial charge is 0.318 e. The molecule has 0 rings (SSSR count). The third-order valence-electron chi connectivity index (χ3n) is 0.996. The number of sulfone groups is 1. The lowest BCUT2D eigenvalue weighted by Crippen LogP contribution is -2.23. The monoisotopic (exact) mass is 232 g/mol. The van der Waals surface area contributed by atoms with E-state index in [0.29, 0.717) is 0 Å². The number of carboxylic acids is 1. The first-order valence-corrected chi connectivity index (χ1v) is 6.43. The molecule has 0 amide bonds. The Morgan fingerprint density at radius 1 is 1.08 bits per heavy atom. The topological polar surface area (TPSA) is 126 Å². The summed E-state index contributed by atoms with van der Waals surface area (Å²) in [6.45, 7) is 0. The van der Waals surface area contributed by atoms with Gasteiger partial charge in [-0.1, -0.05) is 0 Å². The van der Waals surface area contributed by atoms with E-state index in [1.165, 1.54) is 0 Å². The van der Waals surface area contributed by atoms with Crippen LogP contribution in [0.5, 0.6) is 0 Å². The standard InChI is InChI=1S/C4H8O7S2/c5-4(6)3-12(7,8)1-2-13(9,10)11/h1-3H2,(H,5,6)(H,9,10,11). The highest BCUT2D eigenvalue weighted by Crippen LogP contribution is 1.93. The Bertz CT molecular complexity index is 375. The van der Waals surface area contributed by atoms with E-state index in [4.69, 9.17) is 9.66 Å². The van der Waals surface area contributed by atoms with Crippen LogP contribution in [0.2, 0.25) is 0 Å². The van der Waals surface area contributed by atoms with Crippen LogP contribution in [0.25, 0.3) is 0 Å². The fourth-order valence-corrected chi connectivity index (χ4v) is 2.87. The number of carbonyl (C=O) groups is 1. The second-order valence-corrected chi connectivity index (χ2v) is 6.03. The van der Waals surface area contributed by atoms with Gasteiger partial charge in [0.05, 0.1) is 11.5 Å². The van der Waals surface area contributed by atoms with E-state index < -0.39 is 43.2 Å². The van der Waals surface area contributed by atoms with Crippen molar-refractivity contribution in [3.8, 4) is 0 Å². The number of rotatable bonds is 5. The molecule has 0 aliphatic heterocycles. The van der Waals surface area contributed by atoms with Crippen molar-refractivity contribution in [1.29, 1.82) is 0 Å². The molecule has 0 heterocycles. The molecule has 78 valence electrons. The predicted molar refractivity (Wildman–Crippen MR) is 42.7 cm³/mol. The molecule has 0 aromatic heterocycles. The molecule has 9 heteroatoms. The van der Waals surface area contributed by atoms with Crippen LogP contribution in [0.3, 0.4) is 0 Å². The molecule has 0 atom stereocenters. The molecule has 0 fully saturated rings. The molecule has 0 spiro atoms. The van der Waals surface area contributed by atoms with Crippen molar-refractivity contribution in [2.75, 3.05) is 17.3 Å².